The zero-order chi connectivity index (χ0) is 23.7. The number of amides is 1. The van der Waals surface area contributed by atoms with Crippen molar-refractivity contribution in [3.8, 4) is 5.75 Å². The van der Waals surface area contributed by atoms with Crippen LogP contribution in [0, 0.1) is 0 Å². The first-order valence-electron chi connectivity index (χ1n) is 10.2. The summed E-state index contributed by atoms with van der Waals surface area (Å²) in [5.74, 6) is -1.64. The molecule has 168 valence electrons. The van der Waals surface area contributed by atoms with E-state index in [0.717, 1.165) is 5.69 Å². The van der Waals surface area contributed by atoms with E-state index in [1.54, 1.807) is 48.7 Å². The van der Waals surface area contributed by atoms with Gasteiger partial charge in [-0.2, -0.15) is 0 Å². The van der Waals surface area contributed by atoms with Crippen LogP contribution in [0.4, 0.5) is 11.4 Å². The Bertz CT molecular complexity index is 1240. The summed E-state index contributed by atoms with van der Waals surface area (Å²) in [4.78, 5) is 34.1. The van der Waals surface area contributed by atoms with Gasteiger partial charge in [0.05, 0.1) is 23.9 Å². The fourth-order valence-electron chi connectivity index (χ4n) is 3.84. The molecule has 1 saturated heterocycles. The van der Waals surface area contributed by atoms with Crippen molar-refractivity contribution in [1.82, 2.24) is 4.98 Å². The number of carbonyl (C=O) groups excluding carboxylic acids is 2. The molecule has 1 fully saturated rings. The Hall–Kier alpha value is -3.84. The standard InChI is InChI=1S/C25H22ClN3O4/c1-28(2)16-8-10-17(11-9-16)29-22(19-6-4-5-13-27-19)21(24(31)25(29)32)23(30)18-14-15(26)7-12-20(18)33-3/h4-14,22,30H,1-3H3/b23-21+. The number of hydrogen-bond acceptors (Lipinski definition) is 6. The molecule has 33 heavy (non-hydrogen) atoms. The molecule has 4 rings (SSSR count). The van der Waals surface area contributed by atoms with Crippen molar-refractivity contribution < 1.29 is 19.4 Å². The molecule has 1 N–H and O–H groups in total. The van der Waals surface area contributed by atoms with E-state index in [4.69, 9.17) is 16.3 Å². The van der Waals surface area contributed by atoms with Gasteiger partial charge in [-0.3, -0.25) is 19.5 Å². The highest BCUT2D eigenvalue weighted by Crippen LogP contribution is 2.43. The van der Waals surface area contributed by atoms with E-state index >= 15 is 0 Å². The van der Waals surface area contributed by atoms with Gasteiger partial charge >= 0.3 is 0 Å². The molecule has 8 heteroatoms. The fourth-order valence-corrected chi connectivity index (χ4v) is 4.01. The Morgan fingerprint density at radius 1 is 1.09 bits per heavy atom. The summed E-state index contributed by atoms with van der Waals surface area (Å²) in [5.41, 5.74) is 2.02. The van der Waals surface area contributed by atoms with Crippen LogP contribution in [0.3, 0.4) is 0 Å². The van der Waals surface area contributed by atoms with Crippen molar-refractivity contribution >= 4 is 40.4 Å². The zero-order valence-corrected chi connectivity index (χ0v) is 19.1. The van der Waals surface area contributed by atoms with Crippen LogP contribution < -0.4 is 14.5 Å². The fraction of sp³-hybridized carbons (Fsp3) is 0.160. The molecule has 3 aromatic rings. The number of aliphatic hydroxyl groups excluding tert-OH is 1. The lowest BCUT2D eigenvalue weighted by Gasteiger charge is -2.25. The van der Waals surface area contributed by atoms with Crippen LogP contribution in [0.2, 0.25) is 5.02 Å². The quantitative estimate of drug-likeness (QED) is 0.342. The molecule has 1 unspecified atom stereocenters. The van der Waals surface area contributed by atoms with Gasteiger partial charge in [0.15, 0.2) is 0 Å². The van der Waals surface area contributed by atoms with Crippen molar-refractivity contribution in [3.63, 3.8) is 0 Å². The van der Waals surface area contributed by atoms with Gasteiger partial charge in [-0.1, -0.05) is 17.7 Å². The smallest absolute Gasteiger partial charge is 0.300 e. The average molecular weight is 464 g/mol. The molecular weight excluding hydrogens is 442 g/mol. The maximum Gasteiger partial charge on any atom is 0.300 e. The molecule has 2 aromatic carbocycles. The SMILES string of the molecule is COc1ccc(Cl)cc1/C(O)=C1\C(=O)C(=O)N(c2ccc(N(C)C)cc2)C1c1ccccn1. The average Bonchev–Trinajstić information content (AvgIpc) is 3.09. The minimum atomic E-state index is -0.930. The van der Waals surface area contributed by atoms with Gasteiger partial charge in [0.1, 0.15) is 17.6 Å². The third-order valence-electron chi connectivity index (χ3n) is 5.47. The van der Waals surface area contributed by atoms with E-state index in [0.29, 0.717) is 22.2 Å². The number of rotatable bonds is 5. The summed E-state index contributed by atoms with van der Waals surface area (Å²) >= 11 is 6.14. The highest BCUT2D eigenvalue weighted by molar-refractivity contribution is 6.51. The Morgan fingerprint density at radius 3 is 2.42 bits per heavy atom. The predicted octanol–water partition coefficient (Wildman–Crippen LogP) is 4.44. The number of halogens is 1. The molecule has 2 heterocycles. The van der Waals surface area contributed by atoms with Crippen molar-refractivity contribution in [2.75, 3.05) is 31.0 Å². The molecular formula is C25H22ClN3O4. The molecule has 1 aromatic heterocycles. The topological polar surface area (TPSA) is 83.0 Å². The molecule has 1 aliphatic heterocycles. The number of aliphatic hydroxyl groups is 1. The largest absolute Gasteiger partial charge is 0.507 e. The molecule has 0 spiro atoms. The summed E-state index contributed by atoms with van der Waals surface area (Å²) < 4.78 is 5.35. The number of Topliss-reactive ketones (excluding diaryl/α,β-unsaturated/α-hetero) is 1. The lowest BCUT2D eigenvalue weighted by atomic mass is 9.97. The van der Waals surface area contributed by atoms with E-state index in [2.05, 4.69) is 4.98 Å². The lowest BCUT2D eigenvalue weighted by Crippen LogP contribution is -2.29. The Balaban J connectivity index is 1.94. The molecule has 1 aliphatic rings. The Kier molecular flexibility index (Phi) is 6.07. The molecule has 0 saturated carbocycles. The van der Waals surface area contributed by atoms with Gasteiger partial charge in [-0.25, -0.2) is 0 Å². The number of carbonyl (C=O) groups is 2. The van der Waals surface area contributed by atoms with Crippen LogP contribution in [0.5, 0.6) is 5.75 Å². The number of nitrogens with zero attached hydrogens (tertiary/aromatic N) is 3. The molecule has 1 atom stereocenters. The molecule has 1 amide bonds. The zero-order valence-electron chi connectivity index (χ0n) is 18.3. The number of hydrogen-bond donors (Lipinski definition) is 1. The number of aromatic nitrogens is 1. The van der Waals surface area contributed by atoms with Gasteiger partial charge in [-0.05, 0) is 54.6 Å². The third kappa shape index (κ3) is 4.03. The molecule has 0 bridgehead atoms. The number of ether oxygens (including phenoxy) is 1. The first-order valence-corrected chi connectivity index (χ1v) is 10.5. The highest BCUT2D eigenvalue weighted by atomic mass is 35.5. The second kappa shape index (κ2) is 8.96. The van der Waals surface area contributed by atoms with E-state index in [1.807, 2.05) is 31.1 Å². The monoisotopic (exact) mass is 463 g/mol. The Morgan fingerprint density at radius 2 is 1.82 bits per heavy atom. The molecule has 0 radical (unpaired) electrons. The van der Waals surface area contributed by atoms with Gasteiger partial charge in [-0.15, -0.1) is 0 Å². The van der Waals surface area contributed by atoms with Crippen molar-refractivity contribution in [3.05, 3.63) is 88.7 Å². The van der Waals surface area contributed by atoms with Crippen LogP contribution in [0.25, 0.3) is 5.76 Å². The van der Waals surface area contributed by atoms with Crippen molar-refractivity contribution in [2.45, 2.75) is 6.04 Å². The first-order chi connectivity index (χ1) is 15.8. The van der Waals surface area contributed by atoms with Gasteiger partial charge in [0.2, 0.25) is 0 Å². The predicted molar refractivity (Wildman–Crippen MR) is 128 cm³/mol. The number of anilines is 2. The van der Waals surface area contributed by atoms with Crippen molar-refractivity contribution in [1.29, 1.82) is 0 Å². The van der Waals surface area contributed by atoms with Gasteiger partial charge in [0.25, 0.3) is 11.7 Å². The van der Waals surface area contributed by atoms with Crippen LogP contribution >= 0.6 is 11.6 Å². The summed E-state index contributed by atoms with van der Waals surface area (Å²) in [6, 6.07) is 16.2. The van der Waals surface area contributed by atoms with Gasteiger partial charge in [0, 0.05) is 36.7 Å². The summed E-state index contributed by atoms with van der Waals surface area (Å²) in [6.45, 7) is 0. The lowest BCUT2D eigenvalue weighted by molar-refractivity contribution is -0.132. The minimum Gasteiger partial charge on any atom is -0.507 e. The Labute approximate surface area is 196 Å². The number of ketones is 1. The van der Waals surface area contributed by atoms with E-state index in [9.17, 15) is 14.7 Å². The number of pyridine rings is 1. The van der Waals surface area contributed by atoms with E-state index in [-0.39, 0.29) is 16.9 Å². The molecule has 7 nitrogen and oxygen atoms in total. The number of benzene rings is 2. The van der Waals surface area contributed by atoms with E-state index < -0.39 is 17.7 Å². The van der Waals surface area contributed by atoms with E-state index in [1.165, 1.54) is 18.1 Å². The van der Waals surface area contributed by atoms with Crippen LogP contribution in [0.15, 0.2) is 72.4 Å². The maximum absolute atomic E-state index is 13.2. The second-order valence-corrected chi connectivity index (χ2v) is 8.12. The first kappa shape index (κ1) is 22.4. The minimum absolute atomic E-state index is 0.0871. The second-order valence-electron chi connectivity index (χ2n) is 7.68. The summed E-state index contributed by atoms with van der Waals surface area (Å²) in [7, 11) is 5.27. The van der Waals surface area contributed by atoms with Crippen LogP contribution in [-0.2, 0) is 9.59 Å². The third-order valence-corrected chi connectivity index (χ3v) is 5.71. The molecule has 0 aliphatic carbocycles. The summed E-state index contributed by atoms with van der Waals surface area (Å²) in [6.07, 6.45) is 1.57. The normalized spacial score (nSPS) is 17.3. The summed E-state index contributed by atoms with van der Waals surface area (Å²) in [5, 5.41) is 11.6. The highest BCUT2D eigenvalue weighted by Gasteiger charge is 2.47. The van der Waals surface area contributed by atoms with Crippen LogP contribution in [-0.4, -0.2) is 43.0 Å². The van der Waals surface area contributed by atoms with Gasteiger partial charge < -0.3 is 14.7 Å². The number of methoxy groups -OCH3 is 1. The maximum atomic E-state index is 13.2. The van der Waals surface area contributed by atoms with Crippen LogP contribution in [0.1, 0.15) is 17.3 Å². The van der Waals surface area contributed by atoms with Crippen molar-refractivity contribution in [2.24, 2.45) is 0 Å².